The Hall–Kier alpha value is -0.690. The Balaban J connectivity index is 3.76. The van der Waals surface area contributed by atoms with Crippen molar-refractivity contribution in [2.24, 2.45) is 17.2 Å². The molecule has 0 aliphatic carbocycles. The predicted molar refractivity (Wildman–Crippen MR) is 59.4 cm³/mol. The molecule has 0 saturated heterocycles. The van der Waals surface area contributed by atoms with Crippen LogP contribution in [0.15, 0.2) is 0 Å². The Morgan fingerprint density at radius 3 is 2.20 bits per heavy atom. The molecule has 0 aliphatic heterocycles. The van der Waals surface area contributed by atoms with Crippen LogP contribution in [0.25, 0.3) is 0 Å². The number of carboxylic acid groups (broad SMARTS) is 1. The van der Waals surface area contributed by atoms with Crippen molar-refractivity contribution in [3.63, 3.8) is 0 Å². The third kappa shape index (κ3) is 8.31. The first kappa shape index (κ1) is 14.3. The highest BCUT2D eigenvalue weighted by atomic mass is 16.4. The maximum Gasteiger partial charge on any atom is 0.303 e. The molecular formula is C9H22N4O2. The third-order valence-corrected chi connectivity index (χ3v) is 2.11. The first-order valence-electron chi connectivity index (χ1n) is 5.20. The molecule has 1 unspecified atom stereocenters. The van der Waals surface area contributed by atoms with Crippen molar-refractivity contribution < 1.29 is 9.90 Å². The Morgan fingerprint density at radius 2 is 1.80 bits per heavy atom. The monoisotopic (exact) mass is 218 g/mol. The number of carbonyl (C=O) groups is 1. The molecule has 6 nitrogen and oxygen atoms in total. The van der Waals surface area contributed by atoms with Crippen LogP contribution in [0.4, 0.5) is 0 Å². The second kappa shape index (κ2) is 8.60. The van der Waals surface area contributed by atoms with Gasteiger partial charge < -0.3 is 22.3 Å². The highest BCUT2D eigenvalue weighted by Crippen LogP contribution is 1.98. The van der Waals surface area contributed by atoms with Crippen LogP contribution >= 0.6 is 0 Å². The second-order valence-electron chi connectivity index (χ2n) is 3.57. The van der Waals surface area contributed by atoms with Gasteiger partial charge in [-0.3, -0.25) is 9.69 Å². The van der Waals surface area contributed by atoms with Crippen LogP contribution in [-0.4, -0.2) is 54.7 Å². The van der Waals surface area contributed by atoms with Crippen molar-refractivity contribution >= 4 is 5.97 Å². The Kier molecular flexibility index (Phi) is 8.21. The van der Waals surface area contributed by atoms with Gasteiger partial charge in [0.05, 0.1) is 0 Å². The normalized spacial score (nSPS) is 13.1. The molecule has 0 bridgehead atoms. The molecule has 0 spiro atoms. The van der Waals surface area contributed by atoms with Crippen molar-refractivity contribution in [2.45, 2.75) is 18.9 Å². The van der Waals surface area contributed by atoms with Crippen molar-refractivity contribution in [3.8, 4) is 0 Å². The van der Waals surface area contributed by atoms with Gasteiger partial charge in [0.2, 0.25) is 0 Å². The van der Waals surface area contributed by atoms with E-state index in [0.717, 1.165) is 13.1 Å². The molecule has 6 heteroatoms. The summed E-state index contributed by atoms with van der Waals surface area (Å²) in [7, 11) is 0. The van der Waals surface area contributed by atoms with Crippen LogP contribution in [-0.2, 0) is 4.79 Å². The largest absolute Gasteiger partial charge is 0.481 e. The summed E-state index contributed by atoms with van der Waals surface area (Å²) >= 11 is 0. The molecule has 0 rings (SSSR count). The topological polar surface area (TPSA) is 119 Å². The van der Waals surface area contributed by atoms with Gasteiger partial charge >= 0.3 is 5.97 Å². The number of nitrogens with zero attached hydrogens (tertiary/aromatic N) is 1. The fourth-order valence-electron chi connectivity index (χ4n) is 1.39. The molecule has 0 aliphatic rings. The molecule has 0 radical (unpaired) electrons. The summed E-state index contributed by atoms with van der Waals surface area (Å²) in [5.41, 5.74) is 16.7. The van der Waals surface area contributed by atoms with E-state index in [0.29, 0.717) is 26.1 Å². The molecule has 0 aromatic carbocycles. The average molecular weight is 218 g/mol. The molecule has 0 fully saturated rings. The molecule has 0 aromatic rings. The van der Waals surface area contributed by atoms with Gasteiger partial charge in [-0.15, -0.1) is 0 Å². The van der Waals surface area contributed by atoms with Crippen molar-refractivity contribution in [3.05, 3.63) is 0 Å². The number of rotatable bonds is 9. The molecule has 1 atom stereocenters. The molecule has 0 aromatic heterocycles. The minimum atomic E-state index is -0.811. The van der Waals surface area contributed by atoms with Gasteiger partial charge in [-0.1, -0.05) is 0 Å². The van der Waals surface area contributed by atoms with Gasteiger partial charge in [0.25, 0.3) is 0 Å². The van der Waals surface area contributed by atoms with Crippen LogP contribution in [0.2, 0.25) is 0 Å². The van der Waals surface area contributed by atoms with Crippen LogP contribution in [0, 0.1) is 0 Å². The summed E-state index contributed by atoms with van der Waals surface area (Å²) < 4.78 is 0. The van der Waals surface area contributed by atoms with E-state index in [1.807, 2.05) is 0 Å². The maximum atomic E-state index is 10.3. The summed E-state index contributed by atoms with van der Waals surface area (Å²) in [6.45, 7) is 3.27. The molecular weight excluding hydrogens is 196 g/mol. The Morgan fingerprint density at radius 1 is 1.27 bits per heavy atom. The average Bonchev–Trinajstić information content (AvgIpc) is 2.15. The molecule has 90 valence electrons. The van der Waals surface area contributed by atoms with Crippen LogP contribution in [0.1, 0.15) is 12.8 Å². The fraction of sp³-hybridized carbons (Fsp3) is 0.889. The SMILES string of the molecule is NCCN(CCN)CC(N)CCC(=O)O. The van der Waals surface area contributed by atoms with E-state index >= 15 is 0 Å². The minimum Gasteiger partial charge on any atom is -0.481 e. The molecule has 0 amide bonds. The number of hydrogen-bond donors (Lipinski definition) is 4. The lowest BCUT2D eigenvalue weighted by atomic mass is 10.1. The van der Waals surface area contributed by atoms with Crippen LogP contribution in [0.3, 0.4) is 0 Å². The first-order chi connectivity index (χ1) is 7.10. The molecule has 7 N–H and O–H groups in total. The number of carboxylic acids is 1. The highest BCUT2D eigenvalue weighted by Gasteiger charge is 2.10. The Labute approximate surface area is 90.4 Å². The summed E-state index contributed by atoms with van der Waals surface area (Å²) in [4.78, 5) is 12.4. The zero-order valence-corrected chi connectivity index (χ0v) is 9.06. The molecule has 0 saturated carbocycles. The highest BCUT2D eigenvalue weighted by molar-refractivity contribution is 5.66. The summed E-state index contributed by atoms with van der Waals surface area (Å²) in [5, 5.41) is 8.49. The zero-order chi connectivity index (χ0) is 11.7. The molecule has 15 heavy (non-hydrogen) atoms. The summed E-state index contributed by atoms with van der Waals surface area (Å²) in [5.74, 6) is -0.811. The van der Waals surface area contributed by atoms with Crippen molar-refractivity contribution in [2.75, 3.05) is 32.7 Å². The van der Waals surface area contributed by atoms with Gasteiger partial charge in [0, 0.05) is 45.2 Å². The van der Waals surface area contributed by atoms with E-state index in [-0.39, 0.29) is 12.5 Å². The quantitative estimate of drug-likeness (QED) is 0.370. The van der Waals surface area contributed by atoms with Gasteiger partial charge in [0.1, 0.15) is 0 Å². The smallest absolute Gasteiger partial charge is 0.303 e. The van der Waals surface area contributed by atoms with Crippen molar-refractivity contribution in [1.82, 2.24) is 4.90 Å². The zero-order valence-electron chi connectivity index (χ0n) is 9.06. The third-order valence-electron chi connectivity index (χ3n) is 2.11. The van der Waals surface area contributed by atoms with Crippen molar-refractivity contribution in [1.29, 1.82) is 0 Å². The van der Waals surface area contributed by atoms with Gasteiger partial charge in [-0.2, -0.15) is 0 Å². The van der Waals surface area contributed by atoms with E-state index in [4.69, 9.17) is 22.3 Å². The Bertz CT molecular complexity index is 171. The van der Waals surface area contributed by atoms with E-state index in [1.165, 1.54) is 0 Å². The second-order valence-corrected chi connectivity index (χ2v) is 3.57. The van der Waals surface area contributed by atoms with E-state index in [2.05, 4.69) is 4.90 Å². The van der Waals surface area contributed by atoms with E-state index in [1.54, 1.807) is 0 Å². The number of aliphatic carboxylic acids is 1. The van der Waals surface area contributed by atoms with Crippen LogP contribution < -0.4 is 17.2 Å². The maximum absolute atomic E-state index is 10.3. The van der Waals surface area contributed by atoms with Crippen LogP contribution in [0.5, 0.6) is 0 Å². The van der Waals surface area contributed by atoms with Gasteiger partial charge in [-0.25, -0.2) is 0 Å². The lowest BCUT2D eigenvalue weighted by Gasteiger charge is -2.24. The predicted octanol–water partition coefficient (Wildman–Crippen LogP) is -1.60. The first-order valence-corrected chi connectivity index (χ1v) is 5.20. The van der Waals surface area contributed by atoms with E-state index in [9.17, 15) is 4.79 Å². The lowest BCUT2D eigenvalue weighted by Crippen LogP contribution is -2.42. The summed E-state index contributed by atoms with van der Waals surface area (Å²) in [6, 6.07) is -0.126. The minimum absolute atomic E-state index is 0.111. The lowest BCUT2D eigenvalue weighted by molar-refractivity contribution is -0.137. The standard InChI is InChI=1S/C9H22N4O2/c10-3-5-13(6-4-11)7-8(12)1-2-9(14)15/h8H,1-7,10-12H2,(H,14,15). The van der Waals surface area contributed by atoms with E-state index < -0.39 is 5.97 Å². The fourth-order valence-corrected chi connectivity index (χ4v) is 1.39. The number of nitrogens with two attached hydrogens (primary N) is 3. The number of hydrogen-bond acceptors (Lipinski definition) is 5. The summed E-state index contributed by atoms with van der Waals surface area (Å²) in [6.07, 6.45) is 0.598. The van der Waals surface area contributed by atoms with Gasteiger partial charge in [0.15, 0.2) is 0 Å². The van der Waals surface area contributed by atoms with Gasteiger partial charge in [-0.05, 0) is 6.42 Å². The molecule has 0 heterocycles.